The zero-order chi connectivity index (χ0) is 13.0. The monoisotopic (exact) mass is 263 g/mol. The molecule has 0 aliphatic rings. The van der Waals surface area contributed by atoms with E-state index < -0.39 is 5.97 Å². The lowest BCUT2D eigenvalue weighted by molar-refractivity contribution is 0.0696. The van der Waals surface area contributed by atoms with Crippen molar-refractivity contribution < 1.29 is 9.90 Å². The molecule has 6 heteroatoms. The highest BCUT2D eigenvalue weighted by atomic mass is 32.1. The average Bonchev–Trinajstić information content (AvgIpc) is 2.89. The highest BCUT2D eigenvalue weighted by Crippen LogP contribution is 2.13. The number of carbonyl (C=O) groups is 1. The lowest BCUT2D eigenvalue weighted by Gasteiger charge is -2.07. The first-order valence-corrected chi connectivity index (χ1v) is 6.43. The van der Waals surface area contributed by atoms with Crippen molar-refractivity contribution in [2.24, 2.45) is 0 Å². The van der Waals surface area contributed by atoms with Gasteiger partial charge in [-0.3, -0.25) is 0 Å². The Morgan fingerprint density at radius 1 is 1.50 bits per heavy atom. The Kier molecular flexibility index (Phi) is 3.88. The van der Waals surface area contributed by atoms with Crippen LogP contribution in [0.5, 0.6) is 0 Å². The van der Waals surface area contributed by atoms with Crippen molar-refractivity contribution in [2.75, 3.05) is 5.32 Å². The normalized spacial score (nSPS) is 10.3. The molecule has 0 radical (unpaired) electrons. The summed E-state index contributed by atoms with van der Waals surface area (Å²) in [6.45, 7) is 2.50. The molecule has 0 fully saturated rings. The Hall–Kier alpha value is -1.95. The van der Waals surface area contributed by atoms with Gasteiger partial charge in [0.05, 0.1) is 12.1 Å². The number of carboxylic acids is 1. The first-order chi connectivity index (χ1) is 8.69. The van der Waals surface area contributed by atoms with Crippen molar-refractivity contribution in [2.45, 2.75) is 19.9 Å². The van der Waals surface area contributed by atoms with E-state index in [1.807, 2.05) is 12.3 Å². The van der Waals surface area contributed by atoms with Gasteiger partial charge in [0.2, 0.25) is 0 Å². The van der Waals surface area contributed by atoms with Gasteiger partial charge in [0.25, 0.3) is 0 Å². The summed E-state index contributed by atoms with van der Waals surface area (Å²) in [6, 6.07) is 3.13. The number of rotatable bonds is 5. The van der Waals surface area contributed by atoms with Crippen LogP contribution in [0.2, 0.25) is 0 Å². The molecule has 5 nitrogen and oxygen atoms in total. The molecule has 0 unspecified atom stereocenters. The van der Waals surface area contributed by atoms with Gasteiger partial charge in [0, 0.05) is 17.3 Å². The van der Waals surface area contributed by atoms with Gasteiger partial charge in [-0.2, -0.15) is 0 Å². The molecule has 18 heavy (non-hydrogen) atoms. The van der Waals surface area contributed by atoms with Crippen LogP contribution in [0.1, 0.15) is 28.0 Å². The standard InChI is InChI=1S/C12H13N3O2S/c1-2-9-5-8(12(16)17)6-10(15-9)14-7-11-13-3-4-18-11/h3-6H,2,7H2,1H3,(H,14,15)(H,16,17). The lowest BCUT2D eigenvalue weighted by Crippen LogP contribution is -2.06. The minimum atomic E-state index is -0.940. The van der Waals surface area contributed by atoms with Crippen molar-refractivity contribution >= 4 is 23.1 Å². The summed E-state index contributed by atoms with van der Waals surface area (Å²) in [5, 5.41) is 14.9. The number of aromatic carboxylic acids is 1. The number of aromatic nitrogens is 2. The molecule has 0 spiro atoms. The van der Waals surface area contributed by atoms with Crippen LogP contribution in [-0.2, 0) is 13.0 Å². The molecule has 0 amide bonds. The molecule has 0 aromatic carbocycles. The van der Waals surface area contributed by atoms with Crippen LogP contribution in [-0.4, -0.2) is 21.0 Å². The smallest absolute Gasteiger partial charge is 0.335 e. The number of hydrogen-bond acceptors (Lipinski definition) is 5. The maximum atomic E-state index is 11.0. The number of pyridine rings is 1. The average molecular weight is 263 g/mol. The molecule has 0 atom stereocenters. The molecule has 0 saturated heterocycles. The molecular weight excluding hydrogens is 250 g/mol. The van der Waals surface area contributed by atoms with Gasteiger partial charge in [-0.05, 0) is 18.6 Å². The highest BCUT2D eigenvalue weighted by molar-refractivity contribution is 7.09. The zero-order valence-electron chi connectivity index (χ0n) is 9.88. The summed E-state index contributed by atoms with van der Waals surface area (Å²) >= 11 is 1.54. The number of hydrogen-bond donors (Lipinski definition) is 2. The molecule has 94 valence electrons. The van der Waals surface area contributed by atoms with Crippen molar-refractivity contribution in [3.63, 3.8) is 0 Å². The van der Waals surface area contributed by atoms with Crippen LogP contribution in [0.3, 0.4) is 0 Å². The maximum Gasteiger partial charge on any atom is 0.335 e. The van der Waals surface area contributed by atoms with Crippen molar-refractivity contribution in [1.82, 2.24) is 9.97 Å². The minimum absolute atomic E-state index is 0.253. The fraction of sp³-hybridized carbons (Fsp3) is 0.250. The van der Waals surface area contributed by atoms with E-state index in [4.69, 9.17) is 5.11 Å². The van der Waals surface area contributed by atoms with Crippen molar-refractivity contribution in [1.29, 1.82) is 0 Å². The first-order valence-electron chi connectivity index (χ1n) is 5.55. The van der Waals surface area contributed by atoms with Gasteiger partial charge < -0.3 is 10.4 Å². The summed E-state index contributed by atoms with van der Waals surface area (Å²) in [7, 11) is 0. The first kappa shape index (κ1) is 12.5. The maximum absolute atomic E-state index is 11.0. The van der Waals surface area contributed by atoms with Gasteiger partial charge in [-0.25, -0.2) is 14.8 Å². The van der Waals surface area contributed by atoms with E-state index in [2.05, 4.69) is 15.3 Å². The van der Waals surface area contributed by atoms with E-state index in [1.165, 1.54) is 6.07 Å². The van der Waals surface area contributed by atoms with Gasteiger partial charge >= 0.3 is 5.97 Å². The van der Waals surface area contributed by atoms with Gasteiger partial charge in [0.15, 0.2) is 0 Å². The fourth-order valence-electron chi connectivity index (χ4n) is 1.49. The third kappa shape index (κ3) is 3.04. The second kappa shape index (κ2) is 5.59. The van der Waals surface area contributed by atoms with Crippen LogP contribution >= 0.6 is 11.3 Å². The summed E-state index contributed by atoms with van der Waals surface area (Å²) in [5.74, 6) is -0.369. The fourth-order valence-corrected chi connectivity index (χ4v) is 2.05. The van der Waals surface area contributed by atoms with E-state index in [0.29, 0.717) is 18.8 Å². The second-order valence-corrected chi connectivity index (χ2v) is 4.65. The van der Waals surface area contributed by atoms with Gasteiger partial charge in [0.1, 0.15) is 10.8 Å². The van der Waals surface area contributed by atoms with Crippen LogP contribution in [0.25, 0.3) is 0 Å². The number of nitrogens with one attached hydrogen (secondary N) is 1. The minimum Gasteiger partial charge on any atom is -0.478 e. The number of nitrogens with zero attached hydrogens (tertiary/aromatic N) is 2. The van der Waals surface area contributed by atoms with Crippen LogP contribution in [0, 0.1) is 0 Å². The molecule has 2 aromatic heterocycles. The zero-order valence-corrected chi connectivity index (χ0v) is 10.7. The summed E-state index contributed by atoms with van der Waals surface area (Å²) in [6.07, 6.45) is 2.44. The van der Waals surface area contributed by atoms with E-state index in [9.17, 15) is 4.79 Å². The van der Waals surface area contributed by atoms with Crippen molar-refractivity contribution in [3.8, 4) is 0 Å². The van der Waals surface area contributed by atoms with E-state index >= 15 is 0 Å². The Morgan fingerprint density at radius 3 is 2.94 bits per heavy atom. The Morgan fingerprint density at radius 2 is 2.33 bits per heavy atom. The number of thiazole rings is 1. The van der Waals surface area contributed by atoms with Crippen molar-refractivity contribution in [3.05, 3.63) is 40.0 Å². The molecule has 0 bridgehead atoms. The number of anilines is 1. The van der Waals surface area contributed by atoms with Crippen LogP contribution < -0.4 is 5.32 Å². The van der Waals surface area contributed by atoms with Crippen LogP contribution in [0.15, 0.2) is 23.7 Å². The highest BCUT2D eigenvalue weighted by Gasteiger charge is 2.07. The molecular formula is C12H13N3O2S. The molecule has 2 N–H and O–H groups in total. The third-order valence-electron chi connectivity index (χ3n) is 2.39. The van der Waals surface area contributed by atoms with Gasteiger partial charge in [-0.15, -0.1) is 11.3 Å². The van der Waals surface area contributed by atoms with Crippen LogP contribution in [0.4, 0.5) is 5.82 Å². The molecule has 2 heterocycles. The SMILES string of the molecule is CCc1cc(C(=O)O)cc(NCc2nccs2)n1. The second-order valence-electron chi connectivity index (χ2n) is 3.67. The Labute approximate surface area is 109 Å². The van der Waals surface area contributed by atoms with E-state index in [1.54, 1.807) is 23.6 Å². The summed E-state index contributed by atoms with van der Waals surface area (Å²) in [4.78, 5) is 19.5. The summed E-state index contributed by atoms with van der Waals surface area (Å²) in [5.41, 5.74) is 1.01. The number of aryl methyl sites for hydroxylation is 1. The predicted octanol–water partition coefficient (Wildman–Crippen LogP) is 2.41. The molecule has 2 aromatic rings. The molecule has 0 aliphatic heterocycles. The third-order valence-corrected chi connectivity index (χ3v) is 3.17. The molecule has 0 aliphatic carbocycles. The Bertz CT molecular complexity index is 540. The number of carboxylic acid groups (broad SMARTS) is 1. The summed E-state index contributed by atoms with van der Waals surface area (Å²) < 4.78 is 0. The quantitative estimate of drug-likeness (QED) is 0.866. The molecule has 2 rings (SSSR count). The Balaban J connectivity index is 2.16. The largest absolute Gasteiger partial charge is 0.478 e. The van der Waals surface area contributed by atoms with E-state index in [0.717, 1.165) is 10.7 Å². The van der Waals surface area contributed by atoms with Gasteiger partial charge in [-0.1, -0.05) is 6.92 Å². The lowest BCUT2D eigenvalue weighted by atomic mass is 10.2. The van der Waals surface area contributed by atoms with E-state index in [-0.39, 0.29) is 5.56 Å². The molecule has 0 saturated carbocycles. The topological polar surface area (TPSA) is 75.1 Å². The predicted molar refractivity (Wildman–Crippen MR) is 70.0 cm³/mol.